The third-order valence-electron chi connectivity index (χ3n) is 3.42. The highest BCUT2D eigenvalue weighted by Gasteiger charge is 2.17. The number of aryl methyl sites for hydroxylation is 3. The highest BCUT2D eigenvalue weighted by atomic mass is 79.9. The Morgan fingerprint density at radius 3 is 2.35 bits per heavy atom. The SMILES string of the molecule is C.CCn1nc(-c2c(C)cc(C)c(=S)n2C)c(C)c1Br. The Labute approximate surface area is 134 Å². The Morgan fingerprint density at radius 2 is 1.85 bits per heavy atom. The topological polar surface area (TPSA) is 22.8 Å². The van der Waals surface area contributed by atoms with Gasteiger partial charge in [0.1, 0.15) is 14.9 Å². The summed E-state index contributed by atoms with van der Waals surface area (Å²) in [5.41, 5.74) is 5.58. The molecule has 2 aromatic heterocycles. The predicted molar refractivity (Wildman–Crippen MR) is 91.8 cm³/mol. The third-order valence-corrected chi connectivity index (χ3v) is 5.02. The number of halogens is 1. The molecule has 0 saturated carbocycles. The summed E-state index contributed by atoms with van der Waals surface area (Å²) < 4.78 is 5.92. The lowest BCUT2D eigenvalue weighted by Crippen LogP contribution is -2.04. The maximum Gasteiger partial charge on any atom is 0.113 e. The van der Waals surface area contributed by atoms with Crippen LogP contribution in [0, 0.1) is 25.4 Å². The summed E-state index contributed by atoms with van der Waals surface area (Å²) in [7, 11) is 2.01. The fourth-order valence-corrected chi connectivity index (χ4v) is 3.06. The number of hydrogen-bond donors (Lipinski definition) is 0. The van der Waals surface area contributed by atoms with Crippen LogP contribution in [0.5, 0.6) is 0 Å². The lowest BCUT2D eigenvalue weighted by molar-refractivity contribution is 0.645. The van der Waals surface area contributed by atoms with Crippen molar-refractivity contribution in [3.63, 3.8) is 0 Å². The van der Waals surface area contributed by atoms with Crippen molar-refractivity contribution in [2.45, 2.75) is 41.7 Å². The van der Waals surface area contributed by atoms with Crippen LogP contribution in [0.2, 0.25) is 0 Å². The summed E-state index contributed by atoms with van der Waals surface area (Å²) in [6, 6.07) is 2.13. The summed E-state index contributed by atoms with van der Waals surface area (Å²) in [4.78, 5) is 0. The lowest BCUT2D eigenvalue weighted by Gasteiger charge is -2.13. The monoisotopic (exact) mass is 355 g/mol. The zero-order chi connectivity index (χ0) is 14.3. The summed E-state index contributed by atoms with van der Waals surface area (Å²) in [5, 5.41) is 4.69. The first-order valence-corrected chi connectivity index (χ1v) is 7.49. The molecule has 0 N–H and O–H groups in total. The highest BCUT2D eigenvalue weighted by molar-refractivity contribution is 9.10. The van der Waals surface area contributed by atoms with Crippen molar-refractivity contribution < 1.29 is 0 Å². The minimum atomic E-state index is 0. The van der Waals surface area contributed by atoms with Crippen molar-refractivity contribution >= 4 is 28.1 Å². The summed E-state index contributed by atoms with van der Waals surface area (Å²) in [6.07, 6.45) is 0. The fraction of sp³-hybridized carbons (Fsp3) is 0.467. The average Bonchev–Trinajstić information content (AvgIpc) is 2.64. The van der Waals surface area contributed by atoms with Gasteiger partial charge in [0, 0.05) is 19.2 Å². The minimum Gasteiger partial charge on any atom is -0.333 e. The maximum atomic E-state index is 5.47. The second kappa shape index (κ2) is 6.22. The van der Waals surface area contributed by atoms with E-state index in [1.54, 1.807) is 0 Å². The van der Waals surface area contributed by atoms with E-state index in [0.29, 0.717) is 0 Å². The van der Waals surface area contributed by atoms with Gasteiger partial charge in [0.15, 0.2) is 0 Å². The molecule has 2 heterocycles. The number of pyridine rings is 1. The molecule has 0 radical (unpaired) electrons. The number of aromatic nitrogens is 3. The van der Waals surface area contributed by atoms with Crippen molar-refractivity contribution in [2.75, 3.05) is 0 Å². The molecule has 2 rings (SSSR count). The molecule has 2 aromatic rings. The molecule has 110 valence electrons. The van der Waals surface area contributed by atoms with E-state index in [9.17, 15) is 0 Å². The molecule has 0 bridgehead atoms. The Bertz CT molecular complexity index is 698. The molecule has 20 heavy (non-hydrogen) atoms. The van der Waals surface area contributed by atoms with E-state index in [4.69, 9.17) is 17.3 Å². The first-order valence-electron chi connectivity index (χ1n) is 6.29. The summed E-state index contributed by atoms with van der Waals surface area (Å²) in [5.74, 6) is 0. The van der Waals surface area contributed by atoms with Crippen LogP contribution >= 0.6 is 28.1 Å². The number of hydrogen-bond acceptors (Lipinski definition) is 2. The Hall–Kier alpha value is -0.940. The van der Waals surface area contributed by atoms with Gasteiger partial charge in [0.2, 0.25) is 0 Å². The molecule has 5 heteroatoms. The second-order valence-electron chi connectivity index (χ2n) is 4.80. The van der Waals surface area contributed by atoms with Gasteiger partial charge in [-0.1, -0.05) is 25.7 Å². The molecule has 0 amide bonds. The molecule has 0 atom stereocenters. The van der Waals surface area contributed by atoms with Gasteiger partial charge >= 0.3 is 0 Å². The maximum absolute atomic E-state index is 5.47. The van der Waals surface area contributed by atoms with Crippen LogP contribution < -0.4 is 0 Å². The largest absolute Gasteiger partial charge is 0.333 e. The number of nitrogens with zero attached hydrogens (tertiary/aromatic N) is 3. The van der Waals surface area contributed by atoms with Crippen LogP contribution in [0.4, 0.5) is 0 Å². The van der Waals surface area contributed by atoms with Crippen LogP contribution in [-0.4, -0.2) is 14.3 Å². The minimum absolute atomic E-state index is 0. The standard InChI is InChI=1S/C14H18BrN3S.CH4/c1-6-18-13(15)10(4)11(16-18)12-8(2)7-9(3)14(19)17(12)5;/h7H,6H2,1-5H3;1H4. The molecular formula is C15H22BrN3S. The molecule has 0 aliphatic rings. The van der Waals surface area contributed by atoms with Crippen molar-refractivity contribution in [3.05, 3.63) is 32.0 Å². The van der Waals surface area contributed by atoms with Gasteiger partial charge in [-0.2, -0.15) is 5.10 Å². The zero-order valence-electron chi connectivity index (χ0n) is 11.9. The van der Waals surface area contributed by atoms with Gasteiger partial charge in [-0.15, -0.1) is 0 Å². The van der Waals surface area contributed by atoms with Gasteiger partial charge in [-0.25, -0.2) is 0 Å². The molecule has 0 aliphatic heterocycles. The van der Waals surface area contributed by atoms with Gasteiger partial charge < -0.3 is 4.57 Å². The second-order valence-corrected chi connectivity index (χ2v) is 5.94. The molecule has 3 nitrogen and oxygen atoms in total. The van der Waals surface area contributed by atoms with Crippen molar-refractivity contribution in [1.29, 1.82) is 0 Å². The highest BCUT2D eigenvalue weighted by Crippen LogP contribution is 2.30. The molecule has 0 aliphatic carbocycles. The number of rotatable bonds is 2. The van der Waals surface area contributed by atoms with E-state index in [0.717, 1.165) is 38.3 Å². The summed E-state index contributed by atoms with van der Waals surface area (Å²) >= 11 is 9.08. The predicted octanol–water partition coefficient (Wildman–Crippen LogP) is 4.96. The summed E-state index contributed by atoms with van der Waals surface area (Å²) in [6.45, 7) is 9.17. The van der Waals surface area contributed by atoms with E-state index in [1.807, 2.05) is 18.7 Å². The first kappa shape index (κ1) is 17.1. The Balaban J connectivity index is 0.00000200. The van der Waals surface area contributed by atoms with Crippen molar-refractivity contribution in [3.8, 4) is 11.4 Å². The van der Waals surface area contributed by atoms with E-state index in [2.05, 4.69) is 47.3 Å². The normalized spacial score (nSPS) is 10.5. The van der Waals surface area contributed by atoms with Gasteiger partial charge in [-0.05, 0) is 54.8 Å². The van der Waals surface area contributed by atoms with Crippen LogP contribution in [0.15, 0.2) is 10.7 Å². The Morgan fingerprint density at radius 1 is 1.25 bits per heavy atom. The molecule has 0 fully saturated rings. The van der Waals surface area contributed by atoms with E-state index in [1.165, 1.54) is 5.56 Å². The average molecular weight is 356 g/mol. The van der Waals surface area contributed by atoms with Gasteiger partial charge in [-0.3, -0.25) is 4.68 Å². The van der Waals surface area contributed by atoms with Gasteiger partial charge in [0.25, 0.3) is 0 Å². The van der Waals surface area contributed by atoms with Crippen LogP contribution in [0.3, 0.4) is 0 Å². The van der Waals surface area contributed by atoms with Crippen LogP contribution in [-0.2, 0) is 13.6 Å². The molecule has 0 spiro atoms. The van der Waals surface area contributed by atoms with Gasteiger partial charge in [0.05, 0.1) is 5.69 Å². The van der Waals surface area contributed by atoms with Crippen LogP contribution in [0.1, 0.15) is 31.0 Å². The van der Waals surface area contributed by atoms with E-state index < -0.39 is 0 Å². The van der Waals surface area contributed by atoms with Crippen molar-refractivity contribution in [2.24, 2.45) is 7.05 Å². The molecule has 0 aromatic carbocycles. The molecule has 0 unspecified atom stereocenters. The zero-order valence-corrected chi connectivity index (χ0v) is 14.3. The molecular weight excluding hydrogens is 334 g/mol. The third kappa shape index (κ3) is 2.61. The smallest absolute Gasteiger partial charge is 0.113 e. The fourth-order valence-electron chi connectivity index (χ4n) is 2.40. The van der Waals surface area contributed by atoms with E-state index >= 15 is 0 Å². The molecule has 0 saturated heterocycles. The Kier molecular flexibility index (Phi) is 5.33. The first-order chi connectivity index (χ1) is 8.88. The lowest BCUT2D eigenvalue weighted by atomic mass is 10.1. The quantitative estimate of drug-likeness (QED) is 0.710. The van der Waals surface area contributed by atoms with Crippen LogP contribution in [0.25, 0.3) is 11.4 Å². The van der Waals surface area contributed by atoms with Crippen molar-refractivity contribution in [1.82, 2.24) is 14.3 Å². The van der Waals surface area contributed by atoms with E-state index in [-0.39, 0.29) is 7.43 Å².